The molecule has 1 aliphatic rings. The van der Waals surface area contributed by atoms with Crippen molar-refractivity contribution in [1.82, 2.24) is 25.2 Å². The van der Waals surface area contributed by atoms with Gasteiger partial charge in [0.15, 0.2) is 5.69 Å². The fraction of sp³-hybridized carbons (Fsp3) is 0.318. The third-order valence-corrected chi connectivity index (χ3v) is 5.61. The van der Waals surface area contributed by atoms with Crippen molar-refractivity contribution < 1.29 is 4.79 Å². The highest BCUT2D eigenvalue weighted by Crippen LogP contribution is 2.22. The molecule has 4 rings (SSSR count). The molecule has 1 saturated heterocycles. The lowest BCUT2D eigenvalue weighted by Gasteiger charge is -2.38. The first-order chi connectivity index (χ1) is 13.6. The maximum Gasteiger partial charge on any atom is 0.276 e. The summed E-state index contributed by atoms with van der Waals surface area (Å²) in [6, 6.07) is 18.8. The summed E-state index contributed by atoms with van der Waals surface area (Å²) < 4.78 is 1.73. The lowest BCUT2D eigenvalue weighted by atomic mass is 10.1. The minimum atomic E-state index is -0.0505. The first kappa shape index (κ1) is 21.0. The van der Waals surface area contributed by atoms with Crippen molar-refractivity contribution in [1.29, 1.82) is 0 Å². The van der Waals surface area contributed by atoms with Crippen molar-refractivity contribution in [3.63, 3.8) is 0 Å². The topological polar surface area (TPSA) is 63.1 Å². The number of carbonyl (C=O) groups is 1. The summed E-state index contributed by atoms with van der Waals surface area (Å²) in [5.41, 5.74) is 4.39. The van der Waals surface area contributed by atoms with Gasteiger partial charge in [0.2, 0.25) is 0 Å². The second-order valence-electron chi connectivity index (χ2n) is 7.33. The lowest BCUT2D eigenvalue weighted by molar-refractivity contribution is 0.0596. The van der Waals surface area contributed by atoms with Crippen LogP contribution in [0.25, 0.3) is 16.8 Å². The van der Waals surface area contributed by atoms with E-state index in [1.807, 2.05) is 42.2 Å². The predicted octanol–water partition coefficient (Wildman–Crippen LogP) is 3.49. The van der Waals surface area contributed by atoms with Gasteiger partial charge in [0, 0.05) is 25.2 Å². The van der Waals surface area contributed by atoms with E-state index in [0.717, 1.165) is 23.5 Å². The molecule has 0 spiro atoms. The average Bonchev–Trinajstić information content (AvgIpc) is 3.11. The van der Waals surface area contributed by atoms with E-state index in [2.05, 4.69) is 53.7 Å². The van der Waals surface area contributed by atoms with Crippen LogP contribution in [-0.4, -0.2) is 51.0 Å². The van der Waals surface area contributed by atoms with Crippen molar-refractivity contribution in [2.75, 3.05) is 13.1 Å². The molecule has 1 aliphatic heterocycles. The van der Waals surface area contributed by atoms with E-state index in [4.69, 9.17) is 0 Å². The number of carbonyl (C=O) groups excluding carboxylic acids is 1. The SMILES string of the molecule is Cc1c(C(=O)N2CCNC(C)C2C)nnn1-c1ccc(-c2ccccc2)cc1.Cl. The Labute approximate surface area is 177 Å². The Morgan fingerprint density at radius 3 is 2.38 bits per heavy atom. The molecule has 2 heterocycles. The molecule has 0 radical (unpaired) electrons. The molecule has 2 atom stereocenters. The molecule has 1 fully saturated rings. The summed E-state index contributed by atoms with van der Waals surface area (Å²) in [4.78, 5) is 14.9. The van der Waals surface area contributed by atoms with Gasteiger partial charge in [-0.15, -0.1) is 17.5 Å². The molecule has 6 nitrogen and oxygen atoms in total. The smallest absolute Gasteiger partial charge is 0.276 e. The highest BCUT2D eigenvalue weighted by molar-refractivity contribution is 5.93. The van der Waals surface area contributed by atoms with Crippen molar-refractivity contribution >= 4 is 18.3 Å². The van der Waals surface area contributed by atoms with Gasteiger partial charge in [0.25, 0.3) is 5.91 Å². The van der Waals surface area contributed by atoms with Crippen LogP contribution in [0.5, 0.6) is 0 Å². The minimum Gasteiger partial charge on any atom is -0.332 e. The maximum absolute atomic E-state index is 13.0. The van der Waals surface area contributed by atoms with Gasteiger partial charge in [-0.2, -0.15) is 0 Å². The average molecular weight is 412 g/mol. The molecule has 1 N–H and O–H groups in total. The van der Waals surface area contributed by atoms with E-state index >= 15 is 0 Å². The number of aromatic nitrogens is 3. The van der Waals surface area contributed by atoms with Crippen LogP contribution in [0.15, 0.2) is 54.6 Å². The summed E-state index contributed by atoms with van der Waals surface area (Å²) in [6.45, 7) is 7.54. The van der Waals surface area contributed by atoms with Crippen LogP contribution >= 0.6 is 12.4 Å². The molecule has 152 valence electrons. The fourth-order valence-electron chi connectivity index (χ4n) is 3.68. The number of nitrogens with zero attached hydrogens (tertiary/aromatic N) is 4. The van der Waals surface area contributed by atoms with Crippen molar-refractivity contribution in [3.05, 3.63) is 66.0 Å². The van der Waals surface area contributed by atoms with E-state index in [1.54, 1.807) is 4.68 Å². The second kappa shape index (κ2) is 8.76. The third-order valence-electron chi connectivity index (χ3n) is 5.61. The van der Waals surface area contributed by atoms with E-state index in [0.29, 0.717) is 12.2 Å². The van der Waals surface area contributed by atoms with Crippen molar-refractivity contribution in [2.24, 2.45) is 0 Å². The molecule has 2 unspecified atom stereocenters. The molecule has 7 heteroatoms. The van der Waals surface area contributed by atoms with Crippen LogP contribution in [0.1, 0.15) is 30.0 Å². The van der Waals surface area contributed by atoms with E-state index in [1.165, 1.54) is 5.56 Å². The Balaban J connectivity index is 0.00000240. The number of hydrogen-bond acceptors (Lipinski definition) is 4. The minimum absolute atomic E-state index is 0. The molecule has 29 heavy (non-hydrogen) atoms. The summed E-state index contributed by atoms with van der Waals surface area (Å²) in [5, 5.41) is 11.9. The standard InChI is InChI=1S/C22H25N5O.ClH/c1-15-16(2)26(14-13-23-15)22(28)21-17(3)27(25-24-21)20-11-9-19(10-12-20)18-7-5-4-6-8-18;/h4-12,15-16,23H,13-14H2,1-3H3;1H. The molecular formula is C22H26ClN5O. The van der Waals surface area contributed by atoms with Crippen LogP contribution in [0, 0.1) is 6.92 Å². The Kier molecular flexibility index (Phi) is 6.35. The van der Waals surface area contributed by atoms with Gasteiger partial charge in [-0.1, -0.05) is 47.7 Å². The Bertz CT molecular complexity index is 971. The number of amides is 1. The number of benzene rings is 2. The van der Waals surface area contributed by atoms with Crippen molar-refractivity contribution in [3.8, 4) is 16.8 Å². The molecule has 0 saturated carbocycles. The van der Waals surface area contributed by atoms with Gasteiger partial charge in [-0.3, -0.25) is 4.79 Å². The molecule has 2 aromatic carbocycles. The van der Waals surface area contributed by atoms with E-state index in [9.17, 15) is 4.79 Å². The van der Waals surface area contributed by atoms with Gasteiger partial charge in [-0.25, -0.2) is 4.68 Å². The van der Waals surface area contributed by atoms with Crippen LogP contribution in [0.4, 0.5) is 0 Å². The zero-order chi connectivity index (χ0) is 19.7. The molecule has 1 amide bonds. The first-order valence-electron chi connectivity index (χ1n) is 9.69. The van der Waals surface area contributed by atoms with Gasteiger partial charge in [0.1, 0.15) is 0 Å². The first-order valence-corrected chi connectivity index (χ1v) is 9.69. The lowest BCUT2D eigenvalue weighted by Crippen LogP contribution is -2.57. The highest BCUT2D eigenvalue weighted by Gasteiger charge is 2.31. The number of rotatable bonds is 3. The van der Waals surface area contributed by atoms with Gasteiger partial charge < -0.3 is 10.2 Å². The van der Waals surface area contributed by atoms with Gasteiger partial charge >= 0.3 is 0 Å². The summed E-state index contributed by atoms with van der Waals surface area (Å²) in [7, 11) is 0. The fourth-order valence-corrected chi connectivity index (χ4v) is 3.68. The van der Waals surface area contributed by atoms with Gasteiger partial charge in [-0.05, 0) is 44.0 Å². The molecular weight excluding hydrogens is 386 g/mol. The predicted molar refractivity (Wildman–Crippen MR) is 117 cm³/mol. The number of nitrogens with one attached hydrogen (secondary N) is 1. The van der Waals surface area contributed by atoms with Crippen molar-refractivity contribution in [2.45, 2.75) is 32.9 Å². The number of hydrogen-bond donors (Lipinski definition) is 1. The largest absolute Gasteiger partial charge is 0.332 e. The normalized spacial score (nSPS) is 18.9. The van der Waals surface area contributed by atoms with Gasteiger partial charge in [0.05, 0.1) is 11.4 Å². The third kappa shape index (κ3) is 4.04. The Morgan fingerprint density at radius 2 is 1.69 bits per heavy atom. The molecule has 3 aromatic rings. The van der Waals surface area contributed by atoms with Crippen LogP contribution < -0.4 is 5.32 Å². The number of piperazine rings is 1. The Hall–Kier alpha value is -2.70. The highest BCUT2D eigenvalue weighted by atomic mass is 35.5. The van der Waals surface area contributed by atoms with E-state index in [-0.39, 0.29) is 30.4 Å². The quantitative estimate of drug-likeness (QED) is 0.716. The molecule has 1 aromatic heterocycles. The second-order valence-corrected chi connectivity index (χ2v) is 7.33. The maximum atomic E-state index is 13.0. The van der Waals surface area contributed by atoms with Crippen LogP contribution in [-0.2, 0) is 0 Å². The van der Waals surface area contributed by atoms with Crippen LogP contribution in [0.2, 0.25) is 0 Å². The number of halogens is 1. The monoisotopic (exact) mass is 411 g/mol. The summed E-state index contributed by atoms with van der Waals surface area (Å²) >= 11 is 0. The van der Waals surface area contributed by atoms with E-state index < -0.39 is 0 Å². The summed E-state index contributed by atoms with van der Waals surface area (Å²) in [6.07, 6.45) is 0. The zero-order valence-corrected chi connectivity index (χ0v) is 17.7. The Morgan fingerprint density at radius 1 is 1.03 bits per heavy atom. The van der Waals surface area contributed by atoms with Crippen LogP contribution in [0.3, 0.4) is 0 Å². The zero-order valence-electron chi connectivity index (χ0n) is 16.9. The summed E-state index contributed by atoms with van der Waals surface area (Å²) in [5.74, 6) is -0.0505. The molecule has 0 bridgehead atoms. The molecule has 0 aliphatic carbocycles.